The van der Waals surface area contributed by atoms with Crippen LogP contribution in [0.5, 0.6) is 5.75 Å². The van der Waals surface area contributed by atoms with E-state index in [1.54, 1.807) is 0 Å². The highest BCUT2D eigenvalue weighted by atomic mass is 19.3. The Morgan fingerprint density at radius 3 is 2.22 bits per heavy atom. The zero-order valence-electron chi connectivity index (χ0n) is 20.5. The maximum Gasteiger partial charge on any atom is 0.432 e. The first-order valence-corrected chi connectivity index (χ1v) is 11.5. The van der Waals surface area contributed by atoms with Gasteiger partial charge in [-0.15, -0.1) is 0 Å². The van der Waals surface area contributed by atoms with E-state index in [4.69, 9.17) is 6.11 Å². The normalized spacial score (nSPS) is 18.6. The second-order valence-electron chi connectivity index (χ2n) is 8.84. The molecule has 0 aromatic heterocycles. The molecule has 1 saturated heterocycles. The lowest BCUT2D eigenvalue weighted by atomic mass is 9.91. The summed E-state index contributed by atoms with van der Waals surface area (Å²) in [5, 5.41) is 0. The minimum Gasteiger partial charge on any atom is -0.429 e. The molecule has 0 radical (unpaired) electrons. The van der Waals surface area contributed by atoms with Crippen molar-refractivity contribution in [1.82, 2.24) is 0 Å². The van der Waals surface area contributed by atoms with E-state index in [0.717, 1.165) is 25.3 Å². The van der Waals surface area contributed by atoms with Crippen molar-refractivity contribution in [2.75, 3.05) is 6.61 Å². The van der Waals surface area contributed by atoms with Crippen molar-refractivity contribution in [2.24, 2.45) is 5.92 Å². The number of halogens is 8. The minimum absolute atomic E-state index is 0.0459. The van der Waals surface area contributed by atoms with Crippen molar-refractivity contribution in [3.63, 3.8) is 0 Å². The highest BCUT2D eigenvalue weighted by Crippen LogP contribution is 2.39. The Morgan fingerprint density at radius 1 is 0.919 bits per heavy atom. The van der Waals surface area contributed by atoms with Gasteiger partial charge in [-0.2, -0.15) is 8.78 Å². The fourth-order valence-electron chi connectivity index (χ4n) is 4.40. The maximum absolute atomic E-state index is 14.9. The number of ether oxygens (including phenoxy) is 2. The Labute approximate surface area is 209 Å². The van der Waals surface area contributed by atoms with Crippen LogP contribution >= 0.6 is 0 Å². The predicted octanol–water partition coefficient (Wildman–Crippen LogP) is 8.58. The molecule has 0 spiro atoms. The molecule has 37 heavy (non-hydrogen) atoms. The van der Waals surface area contributed by atoms with Crippen molar-refractivity contribution >= 4 is 0 Å². The van der Waals surface area contributed by atoms with Crippen LogP contribution in [0.4, 0.5) is 35.1 Å². The van der Waals surface area contributed by atoms with Crippen LogP contribution in [0, 0.1) is 40.8 Å². The Morgan fingerprint density at radius 2 is 1.62 bits per heavy atom. The maximum atomic E-state index is 14.9. The van der Waals surface area contributed by atoms with Crippen molar-refractivity contribution in [3.8, 4) is 16.9 Å². The summed E-state index contributed by atoms with van der Waals surface area (Å²) in [6, 6.07) is 3.22. The van der Waals surface area contributed by atoms with Gasteiger partial charge in [0.2, 0.25) is 0 Å². The molecule has 0 N–H and O–H groups in total. The minimum atomic E-state index is -4.87. The SMILES string of the molecule is [2H]c1c(OC(F)(F)c2c(F)cc(-c3ccc(C4CCC(CCC)CO4)cc3F)cc2F)cc(F)c(F)c1F. The van der Waals surface area contributed by atoms with Gasteiger partial charge in [-0.25, -0.2) is 26.3 Å². The van der Waals surface area contributed by atoms with Crippen LogP contribution in [-0.4, -0.2) is 6.61 Å². The van der Waals surface area contributed by atoms with Crippen molar-refractivity contribution in [1.29, 1.82) is 0 Å². The van der Waals surface area contributed by atoms with Gasteiger partial charge >= 0.3 is 6.11 Å². The van der Waals surface area contributed by atoms with Crippen molar-refractivity contribution in [2.45, 2.75) is 44.8 Å². The van der Waals surface area contributed by atoms with Gasteiger partial charge in [0.15, 0.2) is 17.5 Å². The van der Waals surface area contributed by atoms with Crippen LogP contribution in [0.3, 0.4) is 0 Å². The first kappa shape index (κ1) is 25.5. The van der Waals surface area contributed by atoms with Gasteiger partial charge in [-0.05, 0) is 54.5 Å². The molecule has 198 valence electrons. The molecule has 1 aliphatic rings. The number of alkyl halides is 2. The summed E-state index contributed by atoms with van der Waals surface area (Å²) in [5.41, 5.74) is -2.07. The molecule has 2 atom stereocenters. The van der Waals surface area contributed by atoms with Crippen LogP contribution in [0.2, 0.25) is 0 Å². The topological polar surface area (TPSA) is 18.5 Å². The van der Waals surface area contributed by atoms with E-state index in [1.165, 1.54) is 12.1 Å². The molecule has 3 aromatic carbocycles. The summed E-state index contributed by atoms with van der Waals surface area (Å²) < 4.78 is 131. The quantitative estimate of drug-likeness (QED) is 0.225. The van der Waals surface area contributed by atoms with Crippen molar-refractivity contribution < 1.29 is 46.0 Å². The standard InChI is InChI=1S/C27H22F8O2/c1-2-3-14-4-7-24(36-13-14)15-5-6-18(19(28)8-15)16-9-20(29)25(21(30)10-16)27(34,35)37-17-11-22(31)26(33)23(32)12-17/h5-6,8-12,14,24H,2-4,7,13H2,1H3/i11D. The Kier molecular flexibility index (Phi) is 7.37. The lowest BCUT2D eigenvalue weighted by molar-refractivity contribution is -0.189. The van der Waals surface area contributed by atoms with Crippen LogP contribution < -0.4 is 4.74 Å². The van der Waals surface area contributed by atoms with E-state index >= 15 is 0 Å². The van der Waals surface area contributed by atoms with E-state index in [1.807, 2.05) is 0 Å². The summed E-state index contributed by atoms with van der Waals surface area (Å²) in [6.07, 6.45) is -1.57. The third-order valence-electron chi connectivity index (χ3n) is 6.21. The fraction of sp³-hybridized carbons (Fsp3) is 0.333. The molecule has 1 heterocycles. The molecule has 1 aliphatic heterocycles. The molecular formula is C27H22F8O2. The zero-order chi connectivity index (χ0) is 27.8. The molecule has 10 heteroatoms. The van der Waals surface area contributed by atoms with E-state index in [9.17, 15) is 35.1 Å². The highest BCUT2D eigenvalue weighted by Gasteiger charge is 2.41. The molecule has 0 amide bonds. The molecule has 1 fully saturated rings. The largest absolute Gasteiger partial charge is 0.432 e. The summed E-state index contributed by atoms with van der Waals surface area (Å²) in [7, 11) is 0. The van der Waals surface area contributed by atoms with Crippen molar-refractivity contribution in [3.05, 3.63) is 88.5 Å². The average molecular weight is 531 g/mol. The number of rotatable bonds is 7. The summed E-state index contributed by atoms with van der Waals surface area (Å²) in [4.78, 5) is 0. The van der Waals surface area contributed by atoms with E-state index in [-0.39, 0.29) is 17.7 Å². The Hall–Kier alpha value is -3.14. The fourth-order valence-corrected chi connectivity index (χ4v) is 4.40. The monoisotopic (exact) mass is 531 g/mol. The van der Waals surface area contributed by atoms with Gasteiger partial charge in [0.05, 0.1) is 14.1 Å². The van der Waals surface area contributed by atoms with Gasteiger partial charge in [0, 0.05) is 17.7 Å². The number of hydrogen-bond donors (Lipinski definition) is 0. The Bertz CT molecular complexity index is 1320. The lowest BCUT2D eigenvalue weighted by Crippen LogP contribution is -2.25. The van der Waals surface area contributed by atoms with Crippen LogP contribution in [0.1, 0.15) is 51.2 Å². The molecule has 4 rings (SSSR count). The first-order chi connectivity index (χ1) is 17.9. The number of hydrogen-bond acceptors (Lipinski definition) is 2. The number of benzene rings is 3. The highest BCUT2D eigenvalue weighted by molar-refractivity contribution is 5.65. The second kappa shape index (κ2) is 10.7. The summed E-state index contributed by atoms with van der Waals surface area (Å²) >= 11 is 0. The third-order valence-corrected chi connectivity index (χ3v) is 6.21. The van der Waals surface area contributed by atoms with Crippen LogP contribution in [0.25, 0.3) is 11.1 Å². The Balaban J connectivity index is 1.59. The second-order valence-corrected chi connectivity index (χ2v) is 8.84. The molecule has 0 aliphatic carbocycles. The van der Waals surface area contributed by atoms with E-state index in [2.05, 4.69) is 11.7 Å². The smallest absolute Gasteiger partial charge is 0.429 e. The average Bonchev–Trinajstić information content (AvgIpc) is 2.86. The molecule has 2 nitrogen and oxygen atoms in total. The van der Waals surface area contributed by atoms with Crippen LogP contribution in [0.15, 0.2) is 42.4 Å². The molecule has 0 saturated carbocycles. The molecule has 0 bridgehead atoms. The first-order valence-electron chi connectivity index (χ1n) is 12.0. The van der Waals surface area contributed by atoms with Gasteiger partial charge < -0.3 is 9.47 Å². The summed E-state index contributed by atoms with van der Waals surface area (Å²) in [6.45, 7) is 2.61. The molecular weight excluding hydrogens is 508 g/mol. The van der Waals surface area contributed by atoms with Gasteiger partial charge in [0.1, 0.15) is 28.8 Å². The zero-order valence-corrected chi connectivity index (χ0v) is 19.5. The van der Waals surface area contributed by atoms with Gasteiger partial charge in [0.25, 0.3) is 0 Å². The molecule has 3 aromatic rings. The molecule has 2 unspecified atom stereocenters. The van der Waals surface area contributed by atoms with Gasteiger partial charge in [-0.1, -0.05) is 25.5 Å². The lowest BCUT2D eigenvalue weighted by Gasteiger charge is -2.29. The summed E-state index contributed by atoms with van der Waals surface area (Å²) in [5.74, 6) is -11.8. The third kappa shape index (κ3) is 5.74. The van der Waals surface area contributed by atoms with Crippen LogP contribution in [-0.2, 0) is 10.8 Å². The van der Waals surface area contributed by atoms with E-state index < -0.39 is 63.9 Å². The van der Waals surface area contributed by atoms with Gasteiger partial charge in [-0.3, -0.25) is 0 Å². The van der Waals surface area contributed by atoms with E-state index in [0.29, 0.717) is 36.6 Å². The predicted molar refractivity (Wildman–Crippen MR) is 119 cm³/mol.